The van der Waals surface area contributed by atoms with Gasteiger partial charge in [-0.25, -0.2) is 4.79 Å². The Morgan fingerprint density at radius 1 is 1.60 bits per heavy atom. The molecule has 0 saturated carbocycles. The van der Waals surface area contributed by atoms with Gasteiger partial charge in [0, 0.05) is 19.9 Å². The first-order chi connectivity index (χ1) is 9.47. The number of methoxy groups -OCH3 is 1. The molecule has 2 amide bonds. The Labute approximate surface area is 117 Å². The van der Waals surface area contributed by atoms with Crippen LogP contribution in [0.2, 0.25) is 0 Å². The second-order valence-electron chi connectivity index (χ2n) is 4.34. The summed E-state index contributed by atoms with van der Waals surface area (Å²) in [6.07, 6.45) is 2.89. The van der Waals surface area contributed by atoms with E-state index in [9.17, 15) is 9.59 Å². The lowest BCUT2D eigenvalue weighted by Gasteiger charge is -2.27. The molecule has 0 aliphatic rings. The van der Waals surface area contributed by atoms with E-state index in [0.717, 1.165) is 0 Å². The van der Waals surface area contributed by atoms with Gasteiger partial charge in [0.25, 0.3) is 0 Å². The van der Waals surface area contributed by atoms with E-state index < -0.39 is 5.97 Å². The molecule has 0 saturated heterocycles. The summed E-state index contributed by atoms with van der Waals surface area (Å²) in [4.78, 5) is 24.3. The van der Waals surface area contributed by atoms with Gasteiger partial charge >= 0.3 is 12.0 Å². The zero-order valence-electron chi connectivity index (χ0n) is 11.9. The van der Waals surface area contributed by atoms with Crippen LogP contribution in [0.3, 0.4) is 0 Å². The van der Waals surface area contributed by atoms with Crippen molar-refractivity contribution in [2.45, 2.75) is 26.4 Å². The monoisotopic (exact) mass is 284 g/mol. The Morgan fingerprint density at radius 2 is 2.30 bits per heavy atom. The summed E-state index contributed by atoms with van der Waals surface area (Å²) in [5.41, 5.74) is 0.458. The van der Waals surface area contributed by atoms with Gasteiger partial charge in [0.1, 0.15) is 6.54 Å². The molecule has 0 aromatic carbocycles. The van der Waals surface area contributed by atoms with E-state index in [2.05, 4.69) is 10.4 Å². The maximum absolute atomic E-state index is 12.1. The number of hydrogen-bond donors (Lipinski definition) is 2. The predicted octanol–water partition coefficient (Wildman–Crippen LogP) is 0.856. The van der Waals surface area contributed by atoms with Crippen LogP contribution in [0.1, 0.15) is 13.8 Å². The summed E-state index contributed by atoms with van der Waals surface area (Å²) < 4.78 is 6.27. The highest BCUT2D eigenvalue weighted by Gasteiger charge is 2.18. The summed E-state index contributed by atoms with van der Waals surface area (Å²) in [5, 5.41) is 15.2. The smallest absolute Gasteiger partial charge is 0.325 e. The van der Waals surface area contributed by atoms with Crippen LogP contribution in [0.15, 0.2) is 12.4 Å². The Kier molecular flexibility index (Phi) is 5.98. The van der Waals surface area contributed by atoms with Gasteiger partial charge < -0.3 is 20.1 Å². The summed E-state index contributed by atoms with van der Waals surface area (Å²) in [7, 11) is 1.58. The number of carbonyl (C=O) groups excluding carboxylic acids is 1. The minimum atomic E-state index is -0.991. The van der Waals surface area contributed by atoms with E-state index in [1.807, 2.05) is 13.8 Å². The number of hydrogen-bond acceptors (Lipinski definition) is 4. The third kappa shape index (κ3) is 4.54. The van der Waals surface area contributed by atoms with Crippen molar-refractivity contribution >= 4 is 17.7 Å². The van der Waals surface area contributed by atoms with Crippen molar-refractivity contribution in [2.24, 2.45) is 0 Å². The molecule has 1 unspecified atom stereocenters. The van der Waals surface area contributed by atoms with Crippen molar-refractivity contribution in [1.29, 1.82) is 0 Å². The van der Waals surface area contributed by atoms with Crippen LogP contribution in [0.5, 0.6) is 0 Å². The van der Waals surface area contributed by atoms with E-state index in [-0.39, 0.29) is 18.6 Å². The second-order valence-corrected chi connectivity index (χ2v) is 4.34. The molecule has 8 heteroatoms. The van der Waals surface area contributed by atoms with Crippen molar-refractivity contribution in [3.05, 3.63) is 12.4 Å². The molecule has 8 nitrogen and oxygen atoms in total. The van der Waals surface area contributed by atoms with Crippen molar-refractivity contribution in [1.82, 2.24) is 14.7 Å². The van der Waals surface area contributed by atoms with Gasteiger partial charge in [0.2, 0.25) is 0 Å². The van der Waals surface area contributed by atoms with Crippen LogP contribution in [-0.4, -0.2) is 58.1 Å². The molecule has 2 N–H and O–H groups in total. The predicted molar refractivity (Wildman–Crippen MR) is 72.6 cm³/mol. The fourth-order valence-electron chi connectivity index (χ4n) is 1.84. The zero-order valence-corrected chi connectivity index (χ0v) is 11.9. The van der Waals surface area contributed by atoms with Crippen molar-refractivity contribution < 1.29 is 19.4 Å². The molecule has 112 valence electrons. The van der Waals surface area contributed by atoms with Crippen LogP contribution in [0, 0.1) is 0 Å². The molecule has 1 aromatic heterocycles. The van der Waals surface area contributed by atoms with Gasteiger partial charge in [-0.2, -0.15) is 5.10 Å². The highest BCUT2D eigenvalue weighted by molar-refractivity contribution is 5.89. The Hall–Kier alpha value is -2.09. The molecule has 1 rings (SSSR count). The van der Waals surface area contributed by atoms with E-state index in [1.54, 1.807) is 12.0 Å². The number of amides is 2. The number of nitrogens with one attached hydrogen (secondary N) is 1. The number of rotatable bonds is 7. The first kappa shape index (κ1) is 16.0. The van der Waals surface area contributed by atoms with Crippen LogP contribution >= 0.6 is 0 Å². The fourth-order valence-corrected chi connectivity index (χ4v) is 1.84. The van der Waals surface area contributed by atoms with Crippen LogP contribution in [0.4, 0.5) is 10.5 Å². The molecule has 20 heavy (non-hydrogen) atoms. The number of ether oxygens (including phenoxy) is 1. The Balaban J connectivity index is 2.64. The lowest BCUT2D eigenvalue weighted by molar-refractivity contribution is -0.137. The van der Waals surface area contributed by atoms with Crippen LogP contribution < -0.4 is 5.32 Å². The van der Waals surface area contributed by atoms with Gasteiger partial charge in [-0.05, 0) is 13.8 Å². The van der Waals surface area contributed by atoms with E-state index in [0.29, 0.717) is 18.8 Å². The van der Waals surface area contributed by atoms with E-state index in [1.165, 1.54) is 17.1 Å². The molecule has 0 radical (unpaired) electrons. The number of likely N-dealkylation sites (N-methyl/N-ethyl adjacent to an activating group) is 1. The quantitative estimate of drug-likeness (QED) is 0.774. The average Bonchev–Trinajstić information content (AvgIpc) is 2.76. The average molecular weight is 284 g/mol. The molecule has 1 aromatic rings. The lowest BCUT2D eigenvalue weighted by atomic mass is 10.3. The number of carboxylic acids is 1. The van der Waals surface area contributed by atoms with Crippen LogP contribution in [-0.2, 0) is 16.1 Å². The molecule has 1 heterocycles. The fraction of sp³-hybridized carbons (Fsp3) is 0.583. The number of aromatic nitrogens is 2. The highest BCUT2D eigenvalue weighted by Crippen LogP contribution is 2.08. The Bertz CT molecular complexity index is 460. The number of carbonyl (C=O) groups is 2. The number of nitrogens with zero attached hydrogens (tertiary/aromatic N) is 3. The molecule has 0 fully saturated rings. The first-order valence-electron chi connectivity index (χ1n) is 6.28. The number of urea groups is 1. The van der Waals surface area contributed by atoms with Gasteiger partial charge in [-0.1, -0.05) is 0 Å². The molecule has 1 atom stereocenters. The minimum Gasteiger partial charge on any atom is -0.480 e. The molecule has 0 spiro atoms. The maximum Gasteiger partial charge on any atom is 0.325 e. The van der Waals surface area contributed by atoms with Crippen molar-refractivity contribution in [2.75, 3.05) is 25.6 Å². The standard InChI is InChI=1S/C12H20N4O4/c1-4-16(9(2)8-20-3)12(19)14-10-5-13-15(6-10)7-11(17)18/h5-6,9H,4,7-8H2,1-3H3,(H,14,19)(H,17,18). The van der Waals surface area contributed by atoms with Crippen molar-refractivity contribution in [3.63, 3.8) is 0 Å². The van der Waals surface area contributed by atoms with Crippen molar-refractivity contribution in [3.8, 4) is 0 Å². The molecule has 0 aliphatic heterocycles. The van der Waals surface area contributed by atoms with Gasteiger partial charge in [0.15, 0.2) is 0 Å². The SMILES string of the molecule is CCN(C(=O)Nc1cnn(CC(=O)O)c1)C(C)COC. The largest absolute Gasteiger partial charge is 0.480 e. The van der Waals surface area contributed by atoms with E-state index >= 15 is 0 Å². The third-order valence-corrected chi connectivity index (χ3v) is 2.72. The maximum atomic E-state index is 12.1. The second kappa shape index (κ2) is 7.49. The van der Waals surface area contributed by atoms with E-state index in [4.69, 9.17) is 9.84 Å². The topological polar surface area (TPSA) is 96.7 Å². The summed E-state index contributed by atoms with van der Waals surface area (Å²) in [5.74, 6) is -0.991. The molecule has 0 aliphatic carbocycles. The van der Waals surface area contributed by atoms with Gasteiger partial charge in [0.05, 0.1) is 24.5 Å². The van der Waals surface area contributed by atoms with Crippen LogP contribution in [0.25, 0.3) is 0 Å². The Morgan fingerprint density at radius 3 is 2.85 bits per heavy atom. The summed E-state index contributed by atoms with van der Waals surface area (Å²) in [6.45, 7) is 4.51. The number of carboxylic acid groups (broad SMARTS) is 1. The highest BCUT2D eigenvalue weighted by atomic mass is 16.5. The normalized spacial score (nSPS) is 11.9. The molecular formula is C12H20N4O4. The molecule has 0 bridgehead atoms. The summed E-state index contributed by atoms with van der Waals surface area (Å²) >= 11 is 0. The lowest BCUT2D eigenvalue weighted by Crippen LogP contribution is -2.43. The van der Waals surface area contributed by atoms with Gasteiger partial charge in [-0.15, -0.1) is 0 Å². The summed E-state index contributed by atoms with van der Waals surface area (Å²) in [6, 6.07) is -0.328. The van der Waals surface area contributed by atoms with Gasteiger partial charge in [-0.3, -0.25) is 9.48 Å². The number of aliphatic carboxylic acids is 1. The third-order valence-electron chi connectivity index (χ3n) is 2.72. The first-order valence-corrected chi connectivity index (χ1v) is 6.28. The minimum absolute atomic E-state index is 0.0564. The molecular weight excluding hydrogens is 264 g/mol. The number of anilines is 1. The zero-order chi connectivity index (χ0) is 15.1.